The molecule has 0 aliphatic carbocycles. The molecule has 150 valence electrons. The van der Waals surface area contributed by atoms with Gasteiger partial charge in [0.05, 0.1) is 11.9 Å². The van der Waals surface area contributed by atoms with E-state index in [9.17, 15) is 9.18 Å². The monoisotopic (exact) mass is 393 g/mol. The number of anilines is 1. The van der Waals surface area contributed by atoms with Crippen molar-refractivity contribution < 1.29 is 13.9 Å². The standard InChI is InChI=1S/C23H24FN3O2/c1-3-27(4-2)22-12-7-17(14-21(22)24)15-26-23(28)18-8-10-19(11-9-18)29-20-6-5-13-25-16-20/h5-14,16H,3-4,15H2,1-2H3,(H,26,28). The summed E-state index contributed by atoms with van der Waals surface area (Å²) in [4.78, 5) is 18.3. The first-order valence-electron chi connectivity index (χ1n) is 9.60. The molecular formula is C23H24FN3O2. The molecule has 0 aliphatic rings. The Hall–Kier alpha value is -3.41. The summed E-state index contributed by atoms with van der Waals surface area (Å²) in [6.45, 7) is 5.71. The number of pyridine rings is 1. The number of amides is 1. The van der Waals surface area contributed by atoms with Crippen LogP contribution in [-0.2, 0) is 6.54 Å². The van der Waals surface area contributed by atoms with Crippen LogP contribution in [0.15, 0.2) is 67.0 Å². The lowest BCUT2D eigenvalue weighted by molar-refractivity contribution is 0.0951. The average molecular weight is 393 g/mol. The minimum absolute atomic E-state index is 0.230. The maximum absolute atomic E-state index is 14.4. The molecule has 3 aromatic rings. The van der Waals surface area contributed by atoms with E-state index in [0.29, 0.717) is 28.3 Å². The van der Waals surface area contributed by atoms with Crippen molar-refractivity contribution in [2.45, 2.75) is 20.4 Å². The van der Waals surface area contributed by atoms with Crippen molar-refractivity contribution >= 4 is 11.6 Å². The van der Waals surface area contributed by atoms with Crippen LogP contribution in [0.2, 0.25) is 0 Å². The van der Waals surface area contributed by atoms with Crippen molar-refractivity contribution in [3.63, 3.8) is 0 Å². The molecule has 29 heavy (non-hydrogen) atoms. The number of aromatic nitrogens is 1. The first-order chi connectivity index (χ1) is 14.1. The van der Waals surface area contributed by atoms with Gasteiger partial charge in [0.1, 0.15) is 17.3 Å². The van der Waals surface area contributed by atoms with E-state index in [1.807, 2.05) is 24.8 Å². The molecule has 1 heterocycles. The molecule has 5 nitrogen and oxygen atoms in total. The Bertz CT molecular complexity index is 942. The first kappa shape index (κ1) is 20.3. The summed E-state index contributed by atoms with van der Waals surface area (Å²) in [6.07, 6.45) is 3.29. The van der Waals surface area contributed by atoms with E-state index in [2.05, 4.69) is 10.3 Å². The molecule has 2 aromatic carbocycles. The predicted molar refractivity (Wildman–Crippen MR) is 112 cm³/mol. The van der Waals surface area contributed by atoms with Crippen molar-refractivity contribution in [3.8, 4) is 11.5 Å². The normalized spacial score (nSPS) is 10.4. The molecule has 1 aromatic heterocycles. The van der Waals surface area contributed by atoms with Crippen LogP contribution in [0.1, 0.15) is 29.8 Å². The second kappa shape index (κ2) is 9.68. The number of carbonyl (C=O) groups is 1. The third kappa shape index (κ3) is 5.31. The maximum atomic E-state index is 14.4. The fraction of sp³-hybridized carbons (Fsp3) is 0.217. The molecule has 0 fully saturated rings. The summed E-state index contributed by atoms with van der Waals surface area (Å²) >= 11 is 0. The van der Waals surface area contributed by atoms with E-state index in [1.54, 1.807) is 54.9 Å². The predicted octanol–water partition coefficient (Wildman–Crippen LogP) is 4.79. The molecule has 0 saturated heterocycles. The highest BCUT2D eigenvalue weighted by Gasteiger charge is 2.10. The molecule has 0 bridgehead atoms. The highest BCUT2D eigenvalue weighted by Crippen LogP contribution is 2.22. The third-order valence-electron chi connectivity index (χ3n) is 4.56. The Morgan fingerprint density at radius 2 is 1.83 bits per heavy atom. The molecule has 0 saturated carbocycles. The van der Waals surface area contributed by atoms with Crippen molar-refractivity contribution in [2.75, 3.05) is 18.0 Å². The van der Waals surface area contributed by atoms with Crippen molar-refractivity contribution in [2.24, 2.45) is 0 Å². The van der Waals surface area contributed by atoms with Crippen LogP contribution in [-0.4, -0.2) is 24.0 Å². The van der Waals surface area contributed by atoms with E-state index < -0.39 is 0 Å². The average Bonchev–Trinajstić information content (AvgIpc) is 2.75. The second-order valence-corrected chi connectivity index (χ2v) is 6.46. The Kier molecular flexibility index (Phi) is 6.79. The first-order valence-corrected chi connectivity index (χ1v) is 9.60. The van der Waals surface area contributed by atoms with E-state index in [0.717, 1.165) is 13.1 Å². The Morgan fingerprint density at radius 3 is 2.45 bits per heavy atom. The zero-order valence-electron chi connectivity index (χ0n) is 16.6. The highest BCUT2D eigenvalue weighted by atomic mass is 19.1. The number of hydrogen-bond donors (Lipinski definition) is 1. The van der Waals surface area contributed by atoms with Crippen LogP contribution < -0.4 is 15.0 Å². The Morgan fingerprint density at radius 1 is 1.07 bits per heavy atom. The van der Waals surface area contributed by atoms with Crippen molar-refractivity contribution in [3.05, 3.63) is 83.9 Å². The zero-order valence-corrected chi connectivity index (χ0v) is 16.6. The number of rotatable bonds is 8. The van der Waals surface area contributed by atoms with Crippen molar-refractivity contribution in [1.82, 2.24) is 10.3 Å². The van der Waals surface area contributed by atoms with Gasteiger partial charge < -0.3 is 15.0 Å². The van der Waals surface area contributed by atoms with Gasteiger partial charge in [0.2, 0.25) is 0 Å². The number of hydrogen-bond acceptors (Lipinski definition) is 4. The van der Waals surface area contributed by atoms with E-state index in [-0.39, 0.29) is 18.3 Å². The van der Waals surface area contributed by atoms with Gasteiger partial charge in [-0.15, -0.1) is 0 Å². The van der Waals surface area contributed by atoms with Crippen LogP contribution in [0, 0.1) is 5.82 Å². The van der Waals surface area contributed by atoms with Gasteiger partial charge in [-0.05, 0) is 67.9 Å². The SMILES string of the molecule is CCN(CC)c1ccc(CNC(=O)c2ccc(Oc3cccnc3)cc2)cc1F. The summed E-state index contributed by atoms with van der Waals surface area (Å²) < 4.78 is 20.0. The molecule has 0 aliphatic heterocycles. The lowest BCUT2D eigenvalue weighted by Gasteiger charge is -2.22. The van der Waals surface area contributed by atoms with Crippen LogP contribution in [0.4, 0.5) is 10.1 Å². The molecule has 0 radical (unpaired) electrons. The van der Waals surface area contributed by atoms with Crippen LogP contribution in [0.25, 0.3) is 0 Å². The van der Waals surface area contributed by atoms with E-state index in [1.165, 1.54) is 6.07 Å². The summed E-state index contributed by atoms with van der Waals surface area (Å²) in [6, 6.07) is 15.5. The topological polar surface area (TPSA) is 54.5 Å². The molecule has 6 heteroatoms. The zero-order chi connectivity index (χ0) is 20.6. The fourth-order valence-corrected chi connectivity index (χ4v) is 2.98. The van der Waals surface area contributed by atoms with E-state index in [4.69, 9.17) is 4.74 Å². The number of benzene rings is 2. The molecule has 1 amide bonds. The number of ether oxygens (including phenoxy) is 1. The summed E-state index contributed by atoms with van der Waals surface area (Å²) in [5, 5.41) is 2.82. The molecule has 0 atom stereocenters. The van der Waals surface area contributed by atoms with Gasteiger partial charge in [0.25, 0.3) is 5.91 Å². The quantitative estimate of drug-likeness (QED) is 0.598. The Labute approximate surface area is 170 Å². The van der Waals surface area contributed by atoms with E-state index >= 15 is 0 Å². The van der Waals surface area contributed by atoms with Gasteiger partial charge in [-0.2, -0.15) is 0 Å². The third-order valence-corrected chi connectivity index (χ3v) is 4.56. The summed E-state index contributed by atoms with van der Waals surface area (Å²) in [5.41, 5.74) is 1.79. The summed E-state index contributed by atoms with van der Waals surface area (Å²) in [7, 11) is 0. The van der Waals surface area contributed by atoms with Crippen molar-refractivity contribution in [1.29, 1.82) is 0 Å². The van der Waals surface area contributed by atoms with Crippen LogP contribution in [0.5, 0.6) is 11.5 Å². The number of halogens is 1. The lowest BCUT2D eigenvalue weighted by Crippen LogP contribution is -2.24. The van der Waals surface area contributed by atoms with Gasteiger partial charge in [0, 0.05) is 31.4 Å². The largest absolute Gasteiger partial charge is 0.456 e. The number of carbonyl (C=O) groups excluding carboxylic acids is 1. The minimum Gasteiger partial charge on any atom is -0.456 e. The molecular weight excluding hydrogens is 369 g/mol. The van der Waals surface area contributed by atoms with Gasteiger partial charge >= 0.3 is 0 Å². The van der Waals surface area contributed by atoms with Gasteiger partial charge in [-0.3, -0.25) is 9.78 Å². The van der Waals surface area contributed by atoms with Gasteiger partial charge in [-0.1, -0.05) is 6.07 Å². The Balaban J connectivity index is 1.58. The van der Waals surface area contributed by atoms with Gasteiger partial charge in [-0.25, -0.2) is 4.39 Å². The van der Waals surface area contributed by atoms with Gasteiger partial charge in [0.15, 0.2) is 0 Å². The molecule has 0 spiro atoms. The summed E-state index contributed by atoms with van der Waals surface area (Å²) in [5.74, 6) is 0.729. The highest BCUT2D eigenvalue weighted by molar-refractivity contribution is 5.94. The minimum atomic E-state index is -0.280. The lowest BCUT2D eigenvalue weighted by atomic mass is 10.1. The molecule has 1 N–H and O–H groups in total. The molecule has 0 unspecified atom stereocenters. The van der Waals surface area contributed by atoms with Crippen LogP contribution in [0.3, 0.4) is 0 Å². The number of nitrogens with zero attached hydrogens (tertiary/aromatic N) is 2. The smallest absolute Gasteiger partial charge is 0.251 e. The fourth-order valence-electron chi connectivity index (χ4n) is 2.98. The maximum Gasteiger partial charge on any atom is 0.251 e. The van der Waals surface area contributed by atoms with Crippen LogP contribution >= 0.6 is 0 Å². The number of nitrogens with one attached hydrogen (secondary N) is 1. The second-order valence-electron chi connectivity index (χ2n) is 6.46. The molecule has 3 rings (SSSR count).